The maximum absolute atomic E-state index is 12.5. The molecule has 0 saturated heterocycles. The van der Waals surface area contributed by atoms with Crippen LogP contribution in [0.3, 0.4) is 0 Å². The fourth-order valence-electron chi connectivity index (χ4n) is 3.96. The Morgan fingerprint density at radius 2 is 2.00 bits per heavy atom. The van der Waals surface area contributed by atoms with Crippen molar-refractivity contribution in [3.8, 4) is 11.3 Å². The zero-order chi connectivity index (χ0) is 17.2. The Hall–Kier alpha value is -1.75. The maximum Gasteiger partial charge on any atom is 0.359 e. The van der Waals surface area contributed by atoms with E-state index in [1.807, 2.05) is 6.92 Å². The first-order valence-corrected chi connectivity index (χ1v) is 10.3. The summed E-state index contributed by atoms with van der Waals surface area (Å²) in [5.41, 5.74) is 3.92. The molecule has 2 aromatic rings. The van der Waals surface area contributed by atoms with Crippen LogP contribution in [0.4, 0.5) is 0 Å². The summed E-state index contributed by atoms with van der Waals surface area (Å²) in [7, 11) is 0. The molecule has 1 saturated carbocycles. The van der Waals surface area contributed by atoms with Gasteiger partial charge in [0.15, 0.2) is 5.69 Å². The van der Waals surface area contributed by atoms with Gasteiger partial charge in [0, 0.05) is 21.8 Å². The first kappa shape index (κ1) is 16.7. The van der Waals surface area contributed by atoms with Gasteiger partial charge in [0.1, 0.15) is 0 Å². The minimum absolute atomic E-state index is 0.286. The number of rotatable bonds is 3. The number of benzene rings is 1. The number of ether oxygens (including phenoxy) is 1. The second-order valence-corrected chi connectivity index (χ2v) is 7.79. The molecule has 0 radical (unpaired) electrons. The SMILES string of the molecule is CCOC(=O)c1nn(C2CCCCCC2)c2c1CSc1ccccc1-2. The van der Waals surface area contributed by atoms with Crippen molar-refractivity contribution in [1.82, 2.24) is 9.78 Å². The number of hydrogen-bond donors (Lipinski definition) is 0. The second-order valence-electron chi connectivity index (χ2n) is 6.77. The first-order valence-electron chi connectivity index (χ1n) is 9.30. The molecule has 25 heavy (non-hydrogen) atoms. The van der Waals surface area contributed by atoms with Crippen LogP contribution in [0, 0.1) is 0 Å². The molecule has 4 nitrogen and oxygen atoms in total. The van der Waals surface area contributed by atoms with Gasteiger partial charge in [0.25, 0.3) is 0 Å². The summed E-state index contributed by atoms with van der Waals surface area (Å²) in [6.45, 7) is 2.23. The predicted molar refractivity (Wildman–Crippen MR) is 99.9 cm³/mol. The highest BCUT2D eigenvalue weighted by Crippen LogP contribution is 2.44. The van der Waals surface area contributed by atoms with Crippen LogP contribution in [-0.4, -0.2) is 22.4 Å². The molecule has 0 N–H and O–H groups in total. The van der Waals surface area contributed by atoms with Crippen LogP contribution in [0.15, 0.2) is 29.2 Å². The zero-order valence-electron chi connectivity index (χ0n) is 14.7. The lowest BCUT2D eigenvalue weighted by Gasteiger charge is -2.22. The van der Waals surface area contributed by atoms with Crippen molar-refractivity contribution < 1.29 is 9.53 Å². The van der Waals surface area contributed by atoms with Gasteiger partial charge in [0.05, 0.1) is 18.3 Å². The molecule has 5 heteroatoms. The second kappa shape index (κ2) is 7.24. The van der Waals surface area contributed by atoms with E-state index in [1.54, 1.807) is 11.8 Å². The monoisotopic (exact) mass is 356 g/mol. The van der Waals surface area contributed by atoms with Gasteiger partial charge >= 0.3 is 5.97 Å². The van der Waals surface area contributed by atoms with Crippen molar-refractivity contribution in [3.05, 3.63) is 35.5 Å². The van der Waals surface area contributed by atoms with E-state index in [9.17, 15) is 4.79 Å². The van der Waals surface area contributed by atoms with E-state index in [2.05, 4.69) is 28.9 Å². The summed E-state index contributed by atoms with van der Waals surface area (Å²) in [5.74, 6) is 0.499. The van der Waals surface area contributed by atoms with E-state index in [4.69, 9.17) is 9.84 Å². The Morgan fingerprint density at radius 1 is 1.24 bits per heavy atom. The lowest BCUT2D eigenvalue weighted by atomic mass is 10.0. The molecule has 2 heterocycles. The highest BCUT2D eigenvalue weighted by Gasteiger charge is 2.31. The van der Waals surface area contributed by atoms with Gasteiger partial charge in [-0.3, -0.25) is 4.68 Å². The number of aromatic nitrogens is 2. The average molecular weight is 356 g/mol. The highest BCUT2D eigenvalue weighted by atomic mass is 32.2. The van der Waals surface area contributed by atoms with Crippen LogP contribution in [0.25, 0.3) is 11.3 Å². The molecule has 1 aromatic heterocycles. The summed E-state index contributed by atoms with van der Waals surface area (Å²) in [6, 6.07) is 8.86. The molecule has 0 unspecified atom stereocenters. The van der Waals surface area contributed by atoms with Gasteiger partial charge in [-0.15, -0.1) is 11.8 Å². The molecule has 1 aromatic carbocycles. The van der Waals surface area contributed by atoms with Crippen molar-refractivity contribution in [2.75, 3.05) is 6.61 Å². The van der Waals surface area contributed by atoms with Crippen LogP contribution in [0.1, 0.15) is 67.5 Å². The number of hydrogen-bond acceptors (Lipinski definition) is 4. The Labute approximate surface area is 152 Å². The Morgan fingerprint density at radius 3 is 2.76 bits per heavy atom. The lowest BCUT2D eigenvalue weighted by molar-refractivity contribution is 0.0517. The van der Waals surface area contributed by atoms with Crippen molar-refractivity contribution in [2.24, 2.45) is 0 Å². The van der Waals surface area contributed by atoms with E-state index in [-0.39, 0.29) is 5.97 Å². The summed E-state index contributed by atoms with van der Waals surface area (Å²) < 4.78 is 7.44. The van der Waals surface area contributed by atoms with Crippen molar-refractivity contribution in [2.45, 2.75) is 62.1 Å². The Kier molecular flexibility index (Phi) is 4.84. The third kappa shape index (κ3) is 3.10. The lowest BCUT2D eigenvalue weighted by Crippen LogP contribution is -2.13. The highest BCUT2D eigenvalue weighted by molar-refractivity contribution is 7.98. The van der Waals surface area contributed by atoms with Crippen LogP contribution in [0.5, 0.6) is 0 Å². The number of nitrogens with zero attached hydrogens (tertiary/aromatic N) is 2. The Balaban J connectivity index is 1.85. The molecule has 2 aliphatic rings. The van der Waals surface area contributed by atoms with E-state index in [0.717, 1.165) is 29.9 Å². The number of carbonyl (C=O) groups excluding carboxylic acids is 1. The molecule has 1 fully saturated rings. The van der Waals surface area contributed by atoms with Gasteiger partial charge < -0.3 is 4.74 Å². The zero-order valence-corrected chi connectivity index (χ0v) is 15.5. The van der Waals surface area contributed by atoms with Crippen LogP contribution >= 0.6 is 11.8 Å². The summed E-state index contributed by atoms with van der Waals surface area (Å²) in [4.78, 5) is 13.8. The van der Waals surface area contributed by atoms with Gasteiger partial charge in [-0.2, -0.15) is 5.10 Å². The van der Waals surface area contributed by atoms with Gasteiger partial charge in [-0.05, 0) is 25.8 Å². The van der Waals surface area contributed by atoms with E-state index in [0.29, 0.717) is 18.3 Å². The van der Waals surface area contributed by atoms with Gasteiger partial charge in [-0.1, -0.05) is 43.9 Å². The predicted octanol–water partition coefficient (Wildman–Crippen LogP) is 5.23. The fraction of sp³-hybridized carbons (Fsp3) is 0.500. The number of thioether (sulfide) groups is 1. The summed E-state index contributed by atoms with van der Waals surface area (Å²) >= 11 is 1.78. The molecule has 4 rings (SSSR count). The third-order valence-electron chi connectivity index (χ3n) is 5.16. The quantitative estimate of drug-likeness (QED) is 0.558. The molecular formula is C20H24N2O2S. The van der Waals surface area contributed by atoms with E-state index >= 15 is 0 Å². The van der Waals surface area contributed by atoms with Crippen LogP contribution in [-0.2, 0) is 10.5 Å². The number of fused-ring (bicyclic) bond motifs is 3. The molecule has 1 aliphatic heterocycles. The van der Waals surface area contributed by atoms with Crippen molar-refractivity contribution in [3.63, 3.8) is 0 Å². The fourth-order valence-corrected chi connectivity index (χ4v) is 5.03. The van der Waals surface area contributed by atoms with Crippen LogP contribution < -0.4 is 0 Å². The topological polar surface area (TPSA) is 44.1 Å². The summed E-state index contributed by atoms with van der Waals surface area (Å²) in [6.07, 6.45) is 7.38. The number of carbonyl (C=O) groups is 1. The Bertz CT molecular complexity index is 776. The van der Waals surface area contributed by atoms with E-state index in [1.165, 1.54) is 36.1 Å². The maximum atomic E-state index is 12.5. The smallest absolute Gasteiger partial charge is 0.359 e. The van der Waals surface area contributed by atoms with Gasteiger partial charge in [0.2, 0.25) is 0 Å². The molecule has 0 amide bonds. The number of esters is 1. The third-order valence-corrected chi connectivity index (χ3v) is 6.26. The van der Waals surface area contributed by atoms with E-state index < -0.39 is 0 Å². The molecule has 0 bridgehead atoms. The largest absolute Gasteiger partial charge is 0.461 e. The minimum Gasteiger partial charge on any atom is -0.461 e. The molecule has 0 spiro atoms. The van der Waals surface area contributed by atoms with Crippen LogP contribution in [0.2, 0.25) is 0 Å². The molecule has 0 atom stereocenters. The molecule has 132 valence electrons. The van der Waals surface area contributed by atoms with Crippen molar-refractivity contribution >= 4 is 17.7 Å². The standard InChI is InChI=1S/C20H24N2O2S/c1-2-24-20(23)18-16-13-25-17-12-8-7-11-15(17)19(16)22(21-18)14-9-5-3-4-6-10-14/h7-8,11-12,14H,2-6,9-10,13H2,1H3. The normalized spacial score (nSPS) is 17.5. The summed E-state index contributed by atoms with van der Waals surface area (Å²) in [5, 5.41) is 4.80. The molecule has 1 aliphatic carbocycles. The molecular weight excluding hydrogens is 332 g/mol. The first-order chi connectivity index (χ1) is 12.3. The van der Waals surface area contributed by atoms with Gasteiger partial charge in [-0.25, -0.2) is 4.79 Å². The minimum atomic E-state index is -0.286. The van der Waals surface area contributed by atoms with Crippen molar-refractivity contribution in [1.29, 1.82) is 0 Å². The average Bonchev–Trinajstić information content (AvgIpc) is 2.82.